The van der Waals surface area contributed by atoms with Crippen molar-refractivity contribution in [2.24, 2.45) is 11.7 Å². The van der Waals surface area contributed by atoms with E-state index in [0.29, 0.717) is 0 Å². The van der Waals surface area contributed by atoms with Crippen LogP contribution in [0.1, 0.15) is 26.7 Å². The number of nitrogens with two attached hydrogens (primary N) is 1. The fourth-order valence-corrected chi connectivity index (χ4v) is 1.28. The third kappa shape index (κ3) is 2.19. The van der Waals surface area contributed by atoms with E-state index in [4.69, 9.17) is 5.73 Å². The van der Waals surface area contributed by atoms with Crippen molar-refractivity contribution in [3.05, 3.63) is 0 Å². The first-order valence-corrected chi connectivity index (χ1v) is 4.15. The van der Waals surface area contributed by atoms with Crippen LogP contribution in [0.25, 0.3) is 0 Å². The average Bonchev–Trinajstić information content (AvgIpc) is 1.79. The highest BCUT2D eigenvalue weighted by atomic mass is 16.1. The Bertz CT molecular complexity index is 150. The summed E-state index contributed by atoms with van der Waals surface area (Å²) in [6.45, 7) is 3.94. The Morgan fingerprint density at radius 3 is 2.45 bits per heavy atom. The Balaban J connectivity index is 2.21. The summed E-state index contributed by atoms with van der Waals surface area (Å²) in [4.78, 5) is 11.2. The lowest BCUT2D eigenvalue weighted by Crippen LogP contribution is -2.46. The standard InChI is InChI=1S/C8H16N2O/c1-5(2)10-8(11)6-3-7(9)4-6/h5-7H,3-4,9H2,1-2H3,(H,10,11)/t6-,7+. The monoisotopic (exact) mass is 156 g/mol. The fourth-order valence-electron chi connectivity index (χ4n) is 1.28. The molecule has 0 spiro atoms. The molecule has 1 aliphatic rings. The Morgan fingerprint density at radius 1 is 1.55 bits per heavy atom. The van der Waals surface area contributed by atoms with Gasteiger partial charge in [0.25, 0.3) is 0 Å². The average molecular weight is 156 g/mol. The molecule has 0 heterocycles. The van der Waals surface area contributed by atoms with E-state index in [1.54, 1.807) is 0 Å². The zero-order valence-corrected chi connectivity index (χ0v) is 7.13. The van der Waals surface area contributed by atoms with Crippen LogP contribution in [-0.4, -0.2) is 18.0 Å². The van der Waals surface area contributed by atoms with Crippen molar-refractivity contribution in [2.75, 3.05) is 0 Å². The number of amides is 1. The van der Waals surface area contributed by atoms with Crippen LogP contribution in [0.2, 0.25) is 0 Å². The van der Waals surface area contributed by atoms with Gasteiger partial charge in [-0.25, -0.2) is 0 Å². The van der Waals surface area contributed by atoms with Gasteiger partial charge in [-0.05, 0) is 26.7 Å². The summed E-state index contributed by atoms with van der Waals surface area (Å²) in [7, 11) is 0. The smallest absolute Gasteiger partial charge is 0.223 e. The summed E-state index contributed by atoms with van der Waals surface area (Å²) in [6, 6.07) is 0.511. The van der Waals surface area contributed by atoms with Gasteiger partial charge in [0.1, 0.15) is 0 Å². The minimum Gasteiger partial charge on any atom is -0.354 e. The molecule has 0 unspecified atom stereocenters. The summed E-state index contributed by atoms with van der Waals surface area (Å²) in [6.07, 6.45) is 1.72. The fraction of sp³-hybridized carbons (Fsp3) is 0.875. The molecule has 3 N–H and O–H groups in total. The molecule has 0 aromatic carbocycles. The molecule has 1 rings (SSSR count). The first-order valence-electron chi connectivity index (χ1n) is 4.15. The summed E-state index contributed by atoms with van der Waals surface area (Å²) in [5.74, 6) is 0.356. The van der Waals surface area contributed by atoms with E-state index in [1.165, 1.54) is 0 Å². The molecule has 0 atom stereocenters. The van der Waals surface area contributed by atoms with Gasteiger partial charge in [-0.1, -0.05) is 0 Å². The van der Waals surface area contributed by atoms with Crippen LogP contribution in [0.4, 0.5) is 0 Å². The largest absolute Gasteiger partial charge is 0.354 e. The van der Waals surface area contributed by atoms with Gasteiger partial charge in [0.05, 0.1) is 0 Å². The Labute approximate surface area is 67.3 Å². The Hall–Kier alpha value is -0.570. The van der Waals surface area contributed by atoms with Gasteiger partial charge in [-0.15, -0.1) is 0 Å². The molecule has 1 saturated carbocycles. The maximum Gasteiger partial charge on any atom is 0.223 e. The van der Waals surface area contributed by atoms with Crippen LogP contribution in [0, 0.1) is 5.92 Å². The number of rotatable bonds is 2. The zero-order valence-electron chi connectivity index (χ0n) is 7.13. The van der Waals surface area contributed by atoms with Crippen molar-refractivity contribution in [2.45, 2.75) is 38.8 Å². The van der Waals surface area contributed by atoms with Gasteiger partial charge < -0.3 is 11.1 Å². The maximum absolute atomic E-state index is 11.2. The lowest BCUT2D eigenvalue weighted by Gasteiger charge is -2.31. The van der Waals surface area contributed by atoms with E-state index < -0.39 is 0 Å². The molecule has 0 bridgehead atoms. The van der Waals surface area contributed by atoms with Gasteiger partial charge in [-0.2, -0.15) is 0 Å². The molecule has 11 heavy (non-hydrogen) atoms. The first-order chi connectivity index (χ1) is 5.09. The van der Waals surface area contributed by atoms with Crippen LogP contribution in [0.3, 0.4) is 0 Å². The molecule has 1 aliphatic carbocycles. The number of carbonyl (C=O) groups excluding carboxylic acids is 1. The minimum atomic E-state index is 0.168. The predicted octanol–water partition coefficient (Wildman–Crippen LogP) is 0.248. The second-order valence-corrected chi connectivity index (χ2v) is 3.59. The summed E-state index contributed by atoms with van der Waals surface area (Å²) >= 11 is 0. The molecule has 1 fully saturated rings. The highest BCUT2D eigenvalue weighted by Crippen LogP contribution is 2.25. The molecule has 1 amide bonds. The molecule has 3 nitrogen and oxygen atoms in total. The van der Waals surface area contributed by atoms with Crippen molar-refractivity contribution in [1.82, 2.24) is 5.32 Å². The quantitative estimate of drug-likeness (QED) is 0.602. The third-order valence-electron chi connectivity index (χ3n) is 1.98. The van der Waals surface area contributed by atoms with Gasteiger partial charge >= 0.3 is 0 Å². The van der Waals surface area contributed by atoms with Gasteiger partial charge in [-0.3, -0.25) is 4.79 Å². The molecule has 0 aliphatic heterocycles. The normalized spacial score (nSPS) is 29.8. The van der Waals surface area contributed by atoms with Crippen LogP contribution in [0.5, 0.6) is 0 Å². The second-order valence-electron chi connectivity index (χ2n) is 3.59. The van der Waals surface area contributed by atoms with Gasteiger partial charge in [0, 0.05) is 18.0 Å². The second kappa shape index (κ2) is 3.22. The van der Waals surface area contributed by atoms with Crippen LogP contribution in [-0.2, 0) is 4.79 Å². The number of hydrogen-bond donors (Lipinski definition) is 2. The highest BCUT2D eigenvalue weighted by molar-refractivity contribution is 5.79. The molecule has 64 valence electrons. The summed E-state index contributed by atoms with van der Waals surface area (Å²) in [5.41, 5.74) is 5.56. The van der Waals surface area contributed by atoms with Crippen LogP contribution < -0.4 is 11.1 Å². The van der Waals surface area contributed by atoms with Crippen molar-refractivity contribution in [3.63, 3.8) is 0 Å². The van der Waals surface area contributed by atoms with E-state index in [9.17, 15) is 4.79 Å². The lowest BCUT2D eigenvalue weighted by atomic mass is 9.80. The maximum atomic E-state index is 11.2. The number of hydrogen-bond acceptors (Lipinski definition) is 2. The minimum absolute atomic E-state index is 0.168. The van der Waals surface area contributed by atoms with Crippen molar-refractivity contribution >= 4 is 5.91 Å². The zero-order chi connectivity index (χ0) is 8.43. The Kier molecular flexibility index (Phi) is 2.49. The topological polar surface area (TPSA) is 55.1 Å². The number of nitrogens with one attached hydrogen (secondary N) is 1. The molecule has 0 radical (unpaired) electrons. The third-order valence-corrected chi connectivity index (χ3v) is 1.98. The van der Waals surface area contributed by atoms with E-state index in [1.807, 2.05) is 13.8 Å². The van der Waals surface area contributed by atoms with Crippen LogP contribution >= 0.6 is 0 Å². The molecular formula is C8H16N2O. The van der Waals surface area contributed by atoms with E-state index in [0.717, 1.165) is 12.8 Å². The molecule has 0 aromatic heterocycles. The van der Waals surface area contributed by atoms with Crippen LogP contribution in [0.15, 0.2) is 0 Å². The predicted molar refractivity (Wildman–Crippen MR) is 44.0 cm³/mol. The summed E-state index contributed by atoms with van der Waals surface area (Å²) < 4.78 is 0. The molecule has 0 aromatic rings. The Morgan fingerprint density at radius 2 is 2.09 bits per heavy atom. The highest BCUT2D eigenvalue weighted by Gasteiger charge is 2.31. The van der Waals surface area contributed by atoms with Gasteiger partial charge in [0.2, 0.25) is 5.91 Å². The van der Waals surface area contributed by atoms with Crippen molar-refractivity contribution in [3.8, 4) is 0 Å². The lowest BCUT2D eigenvalue weighted by molar-refractivity contribution is -0.128. The van der Waals surface area contributed by atoms with E-state index in [-0.39, 0.29) is 23.9 Å². The SMILES string of the molecule is CC(C)NC(=O)[C@H]1C[C@@H](N)C1. The van der Waals surface area contributed by atoms with Crippen molar-refractivity contribution < 1.29 is 4.79 Å². The van der Waals surface area contributed by atoms with Gasteiger partial charge in [0.15, 0.2) is 0 Å². The van der Waals surface area contributed by atoms with E-state index in [2.05, 4.69) is 5.32 Å². The summed E-state index contributed by atoms with van der Waals surface area (Å²) in [5, 5.41) is 2.87. The van der Waals surface area contributed by atoms with Crippen molar-refractivity contribution in [1.29, 1.82) is 0 Å². The molecule has 0 saturated heterocycles. The first kappa shape index (κ1) is 8.53. The molecular weight excluding hydrogens is 140 g/mol. The number of carbonyl (C=O) groups is 1. The molecule has 3 heteroatoms. The van der Waals surface area contributed by atoms with E-state index >= 15 is 0 Å².